The highest BCUT2D eigenvalue weighted by atomic mass is 16.2. The molecule has 0 spiro atoms. The van der Waals surface area contributed by atoms with E-state index in [1.807, 2.05) is 12.2 Å². The van der Waals surface area contributed by atoms with E-state index in [4.69, 9.17) is 0 Å². The molecule has 2 amide bonds. The number of rotatable bonds is 3. The summed E-state index contributed by atoms with van der Waals surface area (Å²) in [6.07, 6.45) is 11.4. The van der Waals surface area contributed by atoms with Crippen LogP contribution in [0.2, 0.25) is 0 Å². The molecule has 4 nitrogen and oxygen atoms in total. The molecule has 4 heteroatoms. The number of allylic oxidation sites excluding steroid dienone is 3. The third kappa shape index (κ3) is 1.93. The van der Waals surface area contributed by atoms with Crippen LogP contribution in [0.3, 0.4) is 0 Å². The second kappa shape index (κ2) is 4.90. The predicted octanol–water partition coefficient (Wildman–Crippen LogP) is 2.11. The van der Waals surface area contributed by atoms with Gasteiger partial charge in [0.2, 0.25) is 11.8 Å². The summed E-state index contributed by atoms with van der Waals surface area (Å²) in [6.45, 7) is 1.60. The summed E-state index contributed by atoms with van der Waals surface area (Å²) in [4.78, 5) is 38.4. The first kappa shape index (κ1) is 13.9. The van der Waals surface area contributed by atoms with Crippen molar-refractivity contribution in [3.63, 3.8) is 0 Å². The molecule has 1 saturated carbocycles. The Morgan fingerprint density at radius 1 is 1.09 bits per heavy atom. The Morgan fingerprint density at radius 2 is 1.73 bits per heavy atom. The van der Waals surface area contributed by atoms with Crippen LogP contribution in [0, 0.1) is 29.6 Å². The van der Waals surface area contributed by atoms with Crippen molar-refractivity contribution in [2.24, 2.45) is 29.6 Å². The molecule has 0 radical (unpaired) electrons. The van der Waals surface area contributed by atoms with E-state index in [1.165, 1.54) is 4.90 Å². The quantitative estimate of drug-likeness (QED) is 0.592. The van der Waals surface area contributed by atoms with Crippen LogP contribution in [0.15, 0.2) is 24.3 Å². The van der Waals surface area contributed by atoms with Crippen LogP contribution < -0.4 is 0 Å². The Morgan fingerprint density at radius 3 is 2.32 bits per heavy atom. The van der Waals surface area contributed by atoms with E-state index in [0.29, 0.717) is 6.42 Å². The van der Waals surface area contributed by atoms with Crippen LogP contribution in [-0.2, 0) is 14.4 Å². The maximum absolute atomic E-state index is 12.8. The minimum Gasteiger partial charge on any atom is -0.300 e. The minimum atomic E-state index is -0.150. The van der Waals surface area contributed by atoms with Crippen LogP contribution in [0.5, 0.6) is 0 Å². The van der Waals surface area contributed by atoms with Gasteiger partial charge in [-0.1, -0.05) is 24.3 Å². The summed E-state index contributed by atoms with van der Waals surface area (Å²) in [5, 5.41) is 0. The van der Waals surface area contributed by atoms with Gasteiger partial charge in [-0.05, 0) is 43.9 Å². The van der Waals surface area contributed by atoms with Gasteiger partial charge >= 0.3 is 0 Å². The smallest absolute Gasteiger partial charge is 0.234 e. The van der Waals surface area contributed by atoms with Gasteiger partial charge in [-0.2, -0.15) is 0 Å². The maximum atomic E-state index is 12.8. The highest BCUT2D eigenvalue weighted by Crippen LogP contribution is 2.53. The van der Waals surface area contributed by atoms with E-state index < -0.39 is 0 Å². The summed E-state index contributed by atoms with van der Waals surface area (Å²) in [5.74, 6) is 0.748. The molecule has 1 aliphatic heterocycles. The lowest BCUT2D eigenvalue weighted by Gasteiger charge is -2.31. The second-order valence-electron chi connectivity index (χ2n) is 7.29. The molecule has 4 rings (SSSR count). The first-order valence-corrected chi connectivity index (χ1v) is 8.27. The number of likely N-dealkylation sites (tertiary alicyclic amines) is 1. The zero-order chi connectivity index (χ0) is 15.4. The van der Waals surface area contributed by atoms with Crippen LogP contribution in [0.25, 0.3) is 0 Å². The Kier molecular flexibility index (Phi) is 3.10. The van der Waals surface area contributed by atoms with Gasteiger partial charge in [-0.3, -0.25) is 14.5 Å². The molecule has 2 bridgehead atoms. The highest BCUT2D eigenvalue weighted by molar-refractivity contribution is 6.06. The Labute approximate surface area is 130 Å². The van der Waals surface area contributed by atoms with Crippen molar-refractivity contribution in [2.75, 3.05) is 0 Å². The van der Waals surface area contributed by atoms with E-state index in [0.717, 1.165) is 19.3 Å². The number of imide groups is 1. The van der Waals surface area contributed by atoms with Gasteiger partial charge in [0.15, 0.2) is 0 Å². The summed E-state index contributed by atoms with van der Waals surface area (Å²) in [7, 11) is 0. The molecule has 6 atom stereocenters. The molecule has 116 valence electrons. The number of fused-ring (bicyclic) bond motifs is 5. The third-order valence-corrected chi connectivity index (χ3v) is 5.81. The molecule has 0 aromatic heterocycles. The number of amides is 2. The normalized spacial score (nSPS) is 42.3. The molecule has 1 heterocycles. The molecule has 0 N–H and O–H groups in total. The standard InChI is InChI=1S/C18H21NO3/c1-10(20)7-11-3-2-4-14(8-11)19-17(21)15-12-5-6-13(9-12)16(15)18(19)22/h2,4-6,11-16H,3,7-9H2,1H3. The molecule has 0 aromatic carbocycles. The van der Waals surface area contributed by atoms with Gasteiger partial charge in [0.25, 0.3) is 0 Å². The Hall–Kier alpha value is -1.71. The number of Topliss-reactive ketones (excluding diaryl/α,β-unsaturated/α-hetero) is 1. The van der Waals surface area contributed by atoms with Crippen molar-refractivity contribution < 1.29 is 14.4 Å². The largest absolute Gasteiger partial charge is 0.300 e. The lowest BCUT2D eigenvalue weighted by atomic mass is 9.85. The average Bonchev–Trinajstić information content (AvgIpc) is 3.12. The van der Waals surface area contributed by atoms with E-state index in [9.17, 15) is 14.4 Å². The van der Waals surface area contributed by atoms with Crippen molar-refractivity contribution in [3.05, 3.63) is 24.3 Å². The molecule has 3 aliphatic carbocycles. The number of nitrogens with zero attached hydrogens (tertiary/aromatic N) is 1. The molecule has 1 saturated heterocycles. The number of carbonyl (C=O) groups excluding carboxylic acids is 3. The first-order chi connectivity index (χ1) is 10.6. The maximum Gasteiger partial charge on any atom is 0.234 e. The molecule has 6 unspecified atom stereocenters. The lowest BCUT2D eigenvalue weighted by molar-refractivity contribution is -0.142. The first-order valence-electron chi connectivity index (χ1n) is 8.27. The molecule has 4 aliphatic rings. The van der Waals surface area contributed by atoms with Gasteiger partial charge in [0.05, 0.1) is 17.9 Å². The predicted molar refractivity (Wildman–Crippen MR) is 80.5 cm³/mol. The number of hydrogen-bond donors (Lipinski definition) is 0. The van der Waals surface area contributed by atoms with Gasteiger partial charge in [0.1, 0.15) is 5.78 Å². The molecule has 22 heavy (non-hydrogen) atoms. The lowest BCUT2D eigenvalue weighted by Crippen LogP contribution is -2.42. The van der Waals surface area contributed by atoms with Crippen LogP contribution in [0.1, 0.15) is 32.6 Å². The number of carbonyl (C=O) groups is 3. The summed E-state index contributed by atoms with van der Waals surface area (Å²) >= 11 is 0. The molecule has 2 fully saturated rings. The summed E-state index contributed by atoms with van der Waals surface area (Å²) < 4.78 is 0. The van der Waals surface area contributed by atoms with Crippen molar-refractivity contribution >= 4 is 17.6 Å². The van der Waals surface area contributed by atoms with E-state index >= 15 is 0 Å². The number of hydrogen-bond acceptors (Lipinski definition) is 3. The Bertz CT molecular complexity index is 575. The van der Waals surface area contributed by atoms with Crippen molar-refractivity contribution in [3.8, 4) is 0 Å². The van der Waals surface area contributed by atoms with E-state index in [-0.39, 0.29) is 53.2 Å². The summed E-state index contributed by atoms with van der Waals surface area (Å²) in [6, 6.07) is -0.150. The van der Waals surface area contributed by atoms with Gasteiger partial charge in [0, 0.05) is 6.42 Å². The van der Waals surface area contributed by atoms with Gasteiger partial charge in [-0.15, -0.1) is 0 Å². The molecular formula is C18H21NO3. The number of ketones is 1. The van der Waals surface area contributed by atoms with Crippen molar-refractivity contribution in [1.29, 1.82) is 0 Å². The Balaban J connectivity index is 1.55. The van der Waals surface area contributed by atoms with Crippen LogP contribution in [0.4, 0.5) is 0 Å². The SMILES string of the molecule is CC(=O)CC1CC=CC(N2C(=O)C3C4C=CC(C4)C3C2=O)C1. The third-order valence-electron chi connectivity index (χ3n) is 5.81. The van der Waals surface area contributed by atoms with Gasteiger partial charge < -0.3 is 4.79 Å². The van der Waals surface area contributed by atoms with Crippen LogP contribution in [-0.4, -0.2) is 28.5 Å². The van der Waals surface area contributed by atoms with Crippen molar-refractivity contribution in [1.82, 2.24) is 4.90 Å². The monoisotopic (exact) mass is 299 g/mol. The van der Waals surface area contributed by atoms with Gasteiger partial charge in [-0.25, -0.2) is 0 Å². The van der Waals surface area contributed by atoms with E-state index in [1.54, 1.807) is 6.92 Å². The average molecular weight is 299 g/mol. The van der Waals surface area contributed by atoms with E-state index in [2.05, 4.69) is 12.2 Å². The fourth-order valence-corrected chi connectivity index (χ4v) is 4.96. The highest BCUT2D eigenvalue weighted by Gasteiger charge is 2.60. The van der Waals surface area contributed by atoms with Crippen molar-refractivity contribution in [2.45, 2.75) is 38.6 Å². The fraction of sp³-hybridized carbons (Fsp3) is 0.611. The molecular weight excluding hydrogens is 278 g/mol. The fourth-order valence-electron chi connectivity index (χ4n) is 4.96. The summed E-state index contributed by atoms with van der Waals surface area (Å²) in [5.41, 5.74) is 0. The zero-order valence-electron chi connectivity index (χ0n) is 12.8. The minimum absolute atomic E-state index is 0.0185. The zero-order valence-corrected chi connectivity index (χ0v) is 12.8. The second-order valence-corrected chi connectivity index (χ2v) is 7.29. The molecule has 0 aromatic rings. The topological polar surface area (TPSA) is 54.5 Å². The van der Waals surface area contributed by atoms with Crippen LogP contribution >= 0.6 is 0 Å².